The molecule has 0 atom stereocenters. The lowest BCUT2D eigenvalue weighted by Crippen LogP contribution is -2.20. The van der Waals surface area contributed by atoms with Crippen LogP contribution in [0.4, 0.5) is 5.69 Å². The van der Waals surface area contributed by atoms with Gasteiger partial charge < -0.3 is 19.5 Å². The molecule has 2 aromatic rings. The molecular weight excluding hydrogens is 326 g/mol. The van der Waals surface area contributed by atoms with Crippen LogP contribution in [-0.4, -0.2) is 39.0 Å². The summed E-state index contributed by atoms with van der Waals surface area (Å²) in [7, 11) is 2.74. The van der Waals surface area contributed by atoms with Gasteiger partial charge in [-0.1, -0.05) is 0 Å². The molecule has 25 heavy (non-hydrogen) atoms. The number of ether oxygens (including phenoxy) is 3. The smallest absolute Gasteiger partial charge is 0.337 e. The lowest BCUT2D eigenvalue weighted by Gasteiger charge is -2.11. The summed E-state index contributed by atoms with van der Waals surface area (Å²) < 4.78 is 15.1. The Balaban J connectivity index is 1.94. The van der Waals surface area contributed by atoms with Crippen molar-refractivity contribution >= 4 is 23.9 Å². The number of carbonyl (C=O) groups is 3. The molecule has 7 heteroatoms. The second-order valence-electron chi connectivity index (χ2n) is 4.93. The molecule has 7 nitrogen and oxygen atoms in total. The van der Waals surface area contributed by atoms with Crippen molar-refractivity contribution < 1.29 is 28.6 Å². The molecule has 0 aliphatic rings. The highest BCUT2D eigenvalue weighted by atomic mass is 16.5. The van der Waals surface area contributed by atoms with Gasteiger partial charge in [0.15, 0.2) is 18.1 Å². The molecule has 0 bridgehead atoms. The number of aldehydes is 1. The summed E-state index contributed by atoms with van der Waals surface area (Å²) in [5.41, 5.74) is 1.35. The summed E-state index contributed by atoms with van der Waals surface area (Å²) >= 11 is 0. The summed E-state index contributed by atoms with van der Waals surface area (Å²) in [5, 5.41) is 2.64. The molecule has 0 spiro atoms. The SMILES string of the molecule is COC(=O)c1ccc(NC(=O)COc2ccc(C=O)cc2OC)cc1. The number of esters is 1. The van der Waals surface area contributed by atoms with Crippen molar-refractivity contribution in [1.29, 1.82) is 0 Å². The van der Waals surface area contributed by atoms with E-state index in [0.717, 1.165) is 0 Å². The highest BCUT2D eigenvalue weighted by Gasteiger charge is 2.10. The first-order chi connectivity index (χ1) is 12.1. The predicted molar refractivity (Wildman–Crippen MR) is 90.3 cm³/mol. The summed E-state index contributed by atoms with van der Waals surface area (Å²) in [6, 6.07) is 10.9. The van der Waals surface area contributed by atoms with E-state index in [1.807, 2.05) is 0 Å². The maximum absolute atomic E-state index is 12.0. The van der Waals surface area contributed by atoms with E-state index in [0.29, 0.717) is 34.6 Å². The zero-order chi connectivity index (χ0) is 18.2. The third-order valence-electron chi connectivity index (χ3n) is 3.27. The van der Waals surface area contributed by atoms with Crippen LogP contribution in [0.3, 0.4) is 0 Å². The summed E-state index contributed by atoms with van der Waals surface area (Å²) in [4.78, 5) is 34.1. The maximum atomic E-state index is 12.0. The van der Waals surface area contributed by atoms with Crippen molar-refractivity contribution in [2.45, 2.75) is 0 Å². The fourth-order valence-electron chi connectivity index (χ4n) is 2.02. The standard InChI is InChI=1S/C18H17NO6/c1-23-16-9-12(10-20)3-8-15(16)25-11-17(21)19-14-6-4-13(5-7-14)18(22)24-2/h3-10H,11H2,1-2H3,(H,19,21). The number of hydrogen-bond acceptors (Lipinski definition) is 6. The number of nitrogens with one attached hydrogen (secondary N) is 1. The minimum atomic E-state index is -0.452. The largest absolute Gasteiger partial charge is 0.493 e. The molecule has 1 amide bonds. The topological polar surface area (TPSA) is 90.9 Å². The van der Waals surface area contributed by atoms with Gasteiger partial charge in [-0.15, -0.1) is 0 Å². The van der Waals surface area contributed by atoms with E-state index in [1.165, 1.54) is 20.3 Å². The lowest BCUT2D eigenvalue weighted by atomic mass is 10.2. The zero-order valence-corrected chi connectivity index (χ0v) is 13.8. The average molecular weight is 343 g/mol. The molecule has 0 saturated heterocycles. The molecule has 2 aromatic carbocycles. The number of amides is 1. The normalized spacial score (nSPS) is 9.84. The first kappa shape index (κ1) is 18.0. The van der Waals surface area contributed by atoms with E-state index in [1.54, 1.807) is 36.4 Å². The van der Waals surface area contributed by atoms with Crippen LogP contribution >= 0.6 is 0 Å². The van der Waals surface area contributed by atoms with Crippen LogP contribution in [0, 0.1) is 0 Å². The van der Waals surface area contributed by atoms with Gasteiger partial charge in [0.05, 0.1) is 19.8 Å². The number of anilines is 1. The Hall–Kier alpha value is -3.35. The molecule has 0 unspecified atom stereocenters. The zero-order valence-electron chi connectivity index (χ0n) is 13.8. The van der Waals surface area contributed by atoms with Crippen molar-refractivity contribution in [2.75, 3.05) is 26.1 Å². The van der Waals surface area contributed by atoms with Crippen LogP contribution in [0.2, 0.25) is 0 Å². The van der Waals surface area contributed by atoms with Gasteiger partial charge in [-0.2, -0.15) is 0 Å². The molecule has 0 aromatic heterocycles. The molecule has 1 N–H and O–H groups in total. The third-order valence-corrected chi connectivity index (χ3v) is 3.27. The van der Waals surface area contributed by atoms with Crippen LogP contribution < -0.4 is 14.8 Å². The van der Waals surface area contributed by atoms with Gasteiger partial charge in [-0.25, -0.2) is 4.79 Å². The van der Waals surface area contributed by atoms with Gasteiger partial charge in [-0.3, -0.25) is 9.59 Å². The summed E-state index contributed by atoms with van der Waals surface area (Å²) in [5.74, 6) is -0.122. The van der Waals surface area contributed by atoms with E-state index < -0.39 is 5.97 Å². The van der Waals surface area contributed by atoms with Crippen LogP contribution in [0.1, 0.15) is 20.7 Å². The molecule has 0 radical (unpaired) electrons. The Morgan fingerprint density at radius 1 is 1.04 bits per heavy atom. The number of benzene rings is 2. The lowest BCUT2D eigenvalue weighted by molar-refractivity contribution is -0.118. The predicted octanol–water partition coefficient (Wildman–Crippen LogP) is 2.31. The Kier molecular flexibility index (Phi) is 6.11. The number of carbonyl (C=O) groups excluding carboxylic acids is 3. The molecule has 130 valence electrons. The van der Waals surface area contributed by atoms with Crippen LogP contribution in [-0.2, 0) is 9.53 Å². The van der Waals surface area contributed by atoms with Crippen LogP contribution in [0.15, 0.2) is 42.5 Å². The molecule has 0 aliphatic heterocycles. The number of hydrogen-bond donors (Lipinski definition) is 1. The van der Waals surface area contributed by atoms with Gasteiger partial charge in [0, 0.05) is 11.3 Å². The van der Waals surface area contributed by atoms with Crippen molar-refractivity contribution in [3.05, 3.63) is 53.6 Å². The summed E-state index contributed by atoms with van der Waals surface area (Å²) in [6.07, 6.45) is 0.691. The van der Waals surface area contributed by atoms with Crippen molar-refractivity contribution in [1.82, 2.24) is 0 Å². The van der Waals surface area contributed by atoms with Gasteiger partial charge >= 0.3 is 5.97 Å². The average Bonchev–Trinajstić information content (AvgIpc) is 2.66. The molecular formula is C18H17NO6. The van der Waals surface area contributed by atoms with Crippen molar-refractivity contribution in [3.8, 4) is 11.5 Å². The van der Waals surface area contributed by atoms with Gasteiger partial charge in [0.1, 0.15) is 6.29 Å². The Labute approximate surface area is 144 Å². The fourth-order valence-corrected chi connectivity index (χ4v) is 2.02. The first-order valence-electron chi connectivity index (χ1n) is 7.31. The Bertz CT molecular complexity index is 770. The molecule has 0 aliphatic carbocycles. The van der Waals surface area contributed by atoms with Crippen molar-refractivity contribution in [3.63, 3.8) is 0 Å². The van der Waals surface area contributed by atoms with Crippen LogP contribution in [0.5, 0.6) is 11.5 Å². The number of methoxy groups -OCH3 is 2. The van der Waals surface area contributed by atoms with Gasteiger partial charge in [-0.05, 0) is 42.5 Å². The maximum Gasteiger partial charge on any atom is 0.337 e. The molecule has 2 rings (SSSR count). The first-order valence-corrected chi connectivity index (χ1v) is 7.31. The van der Waals surface area contributed by atoms with E-state index in [4.69, 9.17) is 9.47 Å². The Morgan fingerprint density at radius 3 is 2.36 bits per heavy atom. The van der Waals surface area contributed by atoms with E-state index in [9.17, 15) is 14.4 Å². The molecule has 0 saturated carbocycles. The van der Waals surface area contributed by atoms with E-state index >= 15 is 0 Å². The Morgan fingerprint density at radius 2 is 1.76 bits per heavy atom. The quantitative estimate of drug-likeness (QED) is 0.613. The second kappa shape index (κ2) is 8.49. The highest BCUT2D eigenvalue weighted by molar-refractivity contribution is 5.93. The van der Waals surface area contributed by atoms with E-state index in [2.05, 4.69) is 10.1 Å². The van der Waals surface area contributed by atoms with Gasteiger partial charge in [0.25, 0.3) is 5.91 Å². The van der Waals surface area contributed by atoms with E-state index in [-0.39, 0.29) is 12.5 Å². The van der Waals surface area contributed by atoms with Crippen molar-refractivity contribution in [2.24, 2.45) is 0 Å². The fraction of sp³-hybridized carbons (Fsp3) is 0.167. The minimum absolute atomic E-state index is 0.241. The number of rotatable bonds is 7. The van der Waals surface area contributed by atoms with Crippen LogP contribution in [0.25, 0.3) is 0 Å². The highest BCUT2D eigenvalue weighted by Crippen LogP contribution is 2.27. The summed E-state index contributed by atoms with van der Waals surface area (Å²) in [6.45, 7) is -0.241. The monoisotopic (exact) mass is 343 g/mol. The molecule has 0 heterocycles. The minimum Gasteiger partial charge on any atom is -0.493 e. The molecule has 0 fully saturated rings. The third kappa shape index (κ3) is 4.81. The van der Waals surface area contributed by atoms with Gasteiger partial charge in [0.2, 0.25) is 0 Å². The second-order valence-corrected chi connectivity index (χ2v) is 4.93.